The second-order valence-electron chi connectivity index (χ2n) is 5.99. The van der Waals surface area contributed by atoms with Gasteiger partial charge >= 0.3 is 0 Å². The van der Waals surface area contributed by atoms with Crippen molar-refractivity contribution < 1.29 is 36.6 Å². The number of thiazole rings is 1. The summed E-state index contributed by atoms with van der Waals surface area (Å²) in [7, 11) is 0. The molecule has 4 N–H and O–H groups in total. The number of hydrogen-bond acceptors (Lipinski definition) is 5. The molecule has 1 heterocycles. The average Bonchev–Trinajstić information content (AvgIpc) is 3.07. The van der Waals surface area contributed by atoms with Crippen molar-refractivity contribution in [3.8, 4) is 17.0 Å². The van der Waals surface area contributed by atoms with E-state index in [9.17, 15) is 36.6 Å². The predicted octanol–water partition coefficient (Wildman–Crippen LogP) is 4.25. The van der Waals surface area contributed by atoms with E-state index in [1.807, 2.05) is 0 Å². The van der Waals surface area contributed by atoms with Crippen LogP contribution in [0.25, 0.3) is 11.3 Å². The number of carbonyl (C=O) groups excluding carboxylic acids is 2. The molecule has 0 spiro atoms. The molecule has 13 heteroatoms. The highest BCUT2D eigenvalue weighted by Crippen LogP contribution is 2.37. The Morgan fingerprint density at radius 1 is 1.06 bits per heavy atom. The Kier molecular flexibility index (Phi) is 6.27. The molecular weight excluding hydrogens is 513 g/mol. The first-order valence-corrected chi connectivity index (χ1v) is 9.71. The van der Waals surface area contributed by atoms with Crippen LogP contribution < -0.4 is 11.1 Å². The van der Waals surface area contributed by atoms with Crippen LogP contribution in [-0.4, -0.2) is 21.9 Å². The third kappa shape index (κ3) is 4.37. The van der Waals surface area contributed by atoms with Crippen molar-refractivity contribution in [3.05, 3.63) is 62.2 Å². The number of phenols is 1. The Morgan fingerprint density at radius 3 is 2.23 bits per heavy atom. The van der Waals surface area contributed by atoms with Crippen molar-refractivity contribution in [3.63, 3.8) is 0 Å². The fraction of sp³-hybridized carbons (Fsp3) is 0.0556. The number of amides is 2. The van der Waals surface area contributed by atoms with Crippen LogP contribution in [-0.2, 0) is 11.2 Å². The van der Waals surface area contributed by atoms with Gasteiger partial charge in [-0.25, -0.2) is 26.9 Å². The standard InChI is InChI=1S/C18H9BrF5N3O3S/c19-5-1-2-7(28)6(3-5)17(30)27-18-26-16(8(31-18)4-9(25)29)10-11(20)13(22)15(24)14(23)12(10)21/h1-3,28H,4H2,(H2,25,29)(H,26,27,30). The molecule has 0 saturated heterocycles. The first-order chi connectivity index (χ1) is 14.5. The predicted molar refractivity (Wildman–Crippen MR) is 104 cm³/mol. The lowest BCUT2D eigenvalue weighted by atomic mass is 10.1. The second-order valence-corrected chi connectivity index (χ2v) is 7.99. The topological polar surface area (TPSA) is 105 Å². The number of anilines is 1. The maximum Gasteiger partial charge on any atom is 0.261 e. The minimum atomic E-state index is -2.36. The minimum Gasteiger partial charge on any atom is -0.507 e. The minimum absolute atomic E-state index is 0.196. The van der Waals surface area contributed by atoms with Gasteiger partial charge in [-0.05, 0) is 18.2 Å². The Labute approximate surface area is 182 Å². The van der Waals surface area contributed by atoms with Crippen LogP contribution in [0, 0.1) is 29.1 Å². The largest absolute Gasteiger partial charge is 0.507 e. The van der Waals surface area contributed by atoms with Crippen molar-refractivity contribution in [2.24, 2.45) is 5.73 Å². The lowest BCUT2D eigenvalue weighted by Crippen LogP contribution is -2.14. The van der Waals surface area contributed by atoms with Crippen molar-refractivity contribution in [2.75, 3.05) is 5.32 Å². The first-order valence-electron chi connectivity index (χ1n) is 8.11. The fourth-order valence-electron chi connectivity index (χ4n) is 2.55. The number of aromatic nitrogens is 1. The molecule has 2 amide bonds. The third-order valence-corrected chi connectivity index (χ3v) is 5.37. The number of aromatic hydroxyl groups is 1. The summed E-state index contributed by atoms with van der Waals surface area (Å²) in [5.74, 6) is -13.3. The molecule has 0 aliphatic heterocycles. The van der Waals surface area contributed by atoms with Gasteiger partial charge in [0.1, 0.15) is 5.75 Å². The number of hydrogen-bond donors (Lipinski definition) is 3. The summed E-state index contributed by atoms with van der Waals surface area (Å²) in [6.45, 7) is 0. The quantitative estimate of drug-likeness (QED) is 0.265. The zero-order valence-electron chi connectivity index (χ0n) is 14.9. The molecule has 3 aromatic rings. The van der Waals surface area contributed by atoms with Gasteiger partial charge in [0.25, 0.3) is 5.91 Å². The zero-order chi connectivity index (χ0) is 23.0. The number of benzene rings is 2. The van der Waals surface area contributed by atoms with Gasteiger partial charge < -0.3 is 10.8 Å². The fourth-order valence-corrected chi connectivity index (χ4v) is 3.88. The molecule has 0 bridgehead atoms. The Morgan fingerprint density at radius 2 is 1.65 bits per heavy atom. The monoisotopic (exact) mass is 521 g/mol. The van der Waals surface area contributed by atoms with E-state index in [-0.39, 0.29) is 15.6 Å². The Hall–Kier alpha value is -3.06. The molecule has 0 aliphatic carbocycles. The summed E-state index contributed by atoms with van der Waals surface area (Å²) in [6.07, 6.45) is -0.648. The number of nitrogens with zero attached hydrogens (tertiary/aromatic N) is 1. The highest BCUT2D eigenvalue weighted by Gasteiger charge is 2.30. The number of nitrogens with one attached hydrogen (secondary N) is 1. The molecular formula is C18H9BrF5N3O3S. The van der Waals surface area contributed by atoms with Crippen LogP contribution in [0.5, 0.6) is 5.75 Å². The van der Waals surface area contributed by atoms with Gasteiger partial charge in [-0.15, -0.1) is 11.3 Å². The molecule has 6 nitrogen and oxygen atoms in total. The second kappa shape index (κ2) is 8.59. The third-order valence-electron chi connectivity index (χ3n) is 3.90. The van der Waals surface area contributed by atoms with Crippen molar-refractivity contribution in [1.82, 2.24) is 4.98 Å². The van der Waals surface area contributed by atoms with Crippen molar-refractivity contribution in [1.29, 1.82) is 0 Å². The van der Waals surface area contributed by atoms with E-state index in [1.54, 1.807) is 0 Å². The van der Waals surface area contributed by atoms with E-state index in [1.165, 1.54) is 18.2 Å². The summed E-state index contributed by atoms with van der Waals surface area (Å²) >= 11 is 3.66. The van der Waals surface area contributed by atoms with E-state index < -0.39 is 64.3 Å². The van der Waals surface area contributed by atoms with E-state index >= 15 is 0 Å². The molecule has 0 aliphatic rings. The Balaban J connectivity index is 2.11. The summed E-state index contributed by atoms with van der Waals surface area (Å²) in [5, 5.41) is 11.7. The van der Waals surface area contributed by atoms with Crippen LogP contribution >= 0.6 is 27.3 Å². The SMILES string of the molecule is NC(=O)Cc1sc(NC(=O)c2cc(Br)ccc2O)nc1-c1c(F)c(F)c(F)c(F)c1F. The van der Waals surface area contributed by atoms with Crippen molar-refractivity contribution >= 4 is 44.2 Å². The lowest BCUT2D eigenvalue weighted by molar-refractivity contribution is -0.117. The van der Waals surface area contributed by atoms with Gasteiger partial charge in [-0.3, -0.25) is 14.9 Å². The molecule has 2 aromatic carbocycles. The van der Waals surface area contributed by atoms with Crippen LogP contribution in [0.3, 0.4) is 0 Å². The van der Waals surface area contributed by atoms with E-state index in [2.05, 4.69) is 26.2 Å². The van der Waals surface area contributed by atoms with Gasteiger partial charge in [-0.1, -0.05) is 15.9 Å². The summed E-state index contributed by atoms with van der Waals surface area (Å²) in [5.41, 5.74) is 2.78. The van der Waals surface area contributed by atoms with Crippen LogP contribution in [0.2, 0.25) is 0 Å². The lowest BCUT2D eigenvalue weighted by Gasteiger charge is -2.07. The average molecular weight is 522 g/mol. The van der Waals surface area contributed by atoms with Crippen LogP contribution in [0.1, 0.15) is 15.2 Å². The number of halogens is 6. The normalized spacial score (nSPS) is 10.9. The molecule has 0 fully saturated rings. The number of carbonyl (C=O) groups is 2. The van der Waals surface area contributed by atoms with E-state index in [0.29, 0.717) is 15.8 Å². The van der Waals surface area contributed by atoms with Crippen molar-refractivity contribution in [2.45, 2.75) is 6.42 Å². The van der Waals surface area contributed by atoms with E-state index in [0.717, 1.165) is 0 Å². The van der Waals surface area contributed by atoms with Crippen LogP contribution in [0.4, 0.5) is 27.1 Å². The Bertz CT molecular complexity index is 1210. The summed E-state index contributed by atoms with van der Waals surface area (Å²) in [6, 6.07) is 3.95. The molecule has 1 aromatic heterocycles. The van der Waals surface area contributed by atoms with Gasteiger partial charge in [-0.2, -0.15) is 0 Å². The van der Waals surface area contributed by atoms with Gasteiger partial charge in [0, 0.05) is 9.35 Å². The van der Waals surface area contributed by atoms with Crippen LogP contribution in [0.15, 0.2) is 22.7 Å². The summed E-state index contributed by atoms with van der Waals surface area (Å²) in [4.78, 5) is 27.2. The summed E-state index contributed by atoms with van der Waals surface area (Å²) < 4.78 is 69.5. The molecule has 162 valence electrons. The van der Waals surface area contributed by atoms with Gasteiger partial charge in [0.05, 0.1) is 23.2 Å². The maximum absolute atomic E-state index is 14.2. The number of nitrogens with two attached hydrogens (primary N) is 1. The number of phenolic OH excluding ortho intramolecular Hbond substituents is 1. The number of primary amides is 1. The molecule has 31 heavy (non-hydrogen) atoms. The van der Waals surface area contributed by atoms with Gasteiger partial charge in [0.2, 0.25) is 11.7 Å². The highest BCUT2D eigenvalue weighted by atomic mass is 79.9. The molecule has 0 saturated carbocycles. The molecule has 0 unspecified atom stereocenters. The molecule has 0 radical (unpaired) electrons. The molecule has 3 rings (SSSR count). The van der Waals surface area contributed by atoms with E-state index in [4.69, 9.17) is 5.73 Å². The highest BCUT2D eigenvalue weighted by molar-refractivity contribution is 9.10. The maximum atomic E-state index is 14.2. The van der Waals surface area contributed by atoms with Gasteiger partial charge in [0.15, 0.2) is 28.4 Å². The first kappa shape index (κ1) is 22.6. The molecule has 0 atom stereocenters. The zero-order valence-corrected chi connectivity index (χ0v) is 17.3. The smallest absolute Gasteiger partial charge is 0.261 e. The number of rotatable bonds is 5.